The molecular weight excluding hydrogens is 557 g/mol. The van der Waals surface area contributed by atoms with Gasteiger partial charge in [0, 0.05) is 31.5 Å². The molecule has 0 spiro atoms. The minimum atomic E-state index is -4.01. The SMILES string of the molecule is CN(C)S(=O)(=O)N(Cc1ccc(C(=O)Nc2ccc(S(=O)(=O)Nc3cccnc3)cc2)cc1)c1ccccc1F. The number of anilines is 3. The number of aromatic nitrogens is 1. The molecule has 40 heavy (non-hydrogen) atoms. The van der Waals surface area contributed by atoms with Crippen molar-refractivity contribution in [2.24, 2.45) is 0 Å². The zero-order chi connectivity index (χ0) is 28.9. The summed E-state index contributed by atoms with van der Waals surface area (Å²) in [5.74, 6) is -1.14. The van der Waals surface area contributed by atoms with Crippen LogP contribution in [0.5, 0.6) is 0 Å². The zero-order valence-electron chi connectivity index (χ0n) is 21.5. The smallest absolute Gasteiger partial charge is 0.303 e. The Balaban J connectivity index is 1.45. The van der Waals surface area contributed by atoms with Gasteiger partial charge in [-0.1, -0.05) is 24.3 Å². The zero-order valence-corrected chi connectivity index (χ0v) is 23.2. The molecule has 0 bridgehead atoms. The molecule has 0 aliphatic heterocycles. The molecule has 0 saturated heterocycles. The van der Waals surface area contributed by atoms with Crippen LogP contribution >= 0.6 is 0 Å². The maximum atomic E-state index is 14.5. The van der Waals surface area contributed by atoms with Crippen LogP contribution in [0.1, 0.15) is 15.9 Å². The first-order chi connectivity index (χ1) is 19.0. The molecule has 4 rings (SSSR count). The number of rotatable bonds is 10. The Morgan fingerprint density at radius 1 is 0.850 bits per heavy atom. The highest BCUT2D eigenvalue weighted by Gasteiger charge is 2.27. The molecule has 4 aromatic rings. The van der Waals surface area contributed by atoms with Crippen molar-refractivity contribution in [2.75, 3.05) is 28.4 Å². The molecule has 0 radical (unpaired) electrons. The van der Waals surface area contributed by atoms with E-state index in [1.165, 1.54) is 81.1 Å². The van der Waals surface area contributed by atoms with Crippen LogP contribution in [0.25, 0.3) is 0 Å². The molecule has 10 nitrogen and oxygen atoms in total. The second kappa shape index (κ2) is 11.8. The summed E-state index contributed by atoms with van der Waals surface area (Å²) in [7, 11) is -5.14. The number of para-hydroxylation sites is 1. The second-order valence-electron chi connectivity index (χ2n) is 8.77. The number of sulfonamides is 1. The second-order valence-corrected chi connectivity index (χ2v) is 12.5. The van der Waals surface area contributed by atoms with Gasteiger partial charge < -0.3 is 5.32 Å². The quantitative estimate of drug-likeness (QED) is 0.290. The molecule has 1 aromatic heterocycles. The van der Waals surface area contributed by atoms with Crippen LogP contribution < -0.4 is 14.3 Å². The first kappa shape index (κ1) is 28.7. The summed E-state index contributed by atoms with van der Waals surface area (Å²) in [6.45, 7) is -0.160. The largest absolute Gasteiger partial charge is 0.322 e. The van der Waals surface area contributed by atoms with E-state index in [2.05, 4.69) is 15.0 Å². The number of benzene rings is 3. The van der Waals surface area contributed by atoms with Crippen LogP contribution in [0.15, 0.2) is 102 Å². The highest BCUT2D eigenvalue weighted by Crippen LogP contribution is 2.26. The lowest BCUT2D eigenvalue weighted by atomic mass is 10.1. The van der Waals surface area contributed by atoms with E-state index in [1.807, 2.05) is 0 Å². The third kappa shape index (κ3) is 6.62. The monoisotopic (exact) mass is 583 g/mol. The van der Waals surface area contributed by atoms with Crippen molar-refractivity contribution in [3.63, 3.8) is 0 Å². The molecule has 1 heterocycles. The van der Waals surface area contributed by atoms with Crippen molar-refractivity contribution in [2.45, 2.75) is 11.4 Å². The summed E-state index contributed by atoms with van der Waals surface area (Å²) in [5.41, 5.74) is 1.41. The molecule has 3 aromatic carbocycles. The number of nitrogens with one attached hydrogen (secondary N) is 2. The molecule has 0 unspecified atom stereocenters. The van der Waals surface area contributed by atoms with E-state index in [9.17, 15) is 26.0 Å². The van der Waals surface area contributed by atoms with Gasteiger partial charge in [-0.2, -0.15) is 12.7 Å². The van der Waals surface area contributed by atoms with Crippen LogP contribution in [-0.2, 0) is 26.8 Å². The number of carbonyl (C=O) groups is 1. The average Bonchev–Trinajstić information content (AvgIpc) is 2.93. The van der Waals surface area contributed by atoms with Gasteiger partial charge >= 0.3 is 10.2 Å². The predicted molar refractivity (Wildman–Crippen MR) is 151 cm³/mol. The first-order valence-corrected chi connectivity index (χ1v) is 14.7. The predicted octanol–water partition coefficient (Wildman–Crippen LogP) is 4.09. The molecule has 0 aliphatic rings. The molecule has 0 fully saturated rings. The Hall–Kier alpha value is -4.33. The molecule has 2 N–H and O–H groups in total. The fraction of sp³-hybridized carbons (Fsp3) is 0.111. The van der Waals surface area contributed by atoms with E-state index in [0.717, 1.165) is 8.61 Å². The highest BCUT2D eigenvalue weighted by molar-refractivity contribution is 7.92. The molecule has 0 saturated carbocycles. The van der Waals surface area contributed by atoms with E-state index in [4.69, 9.17) is 0 Å². The minimum Gasteiger partial charge on any atom is -0.322 e. The summed E-state index contributed by atoms with van der Waals surface area (Å²) >= 11 is 0. The van der Waals surface area contributed by atoms with Gasteiger partial charge in [0.05, 0.1) is 29.0 Å². The van der Waals surface area contributed by atoms with E-state index in [1.54, 1.807) is 30.3 Å². The summed E-state index contributed by atoms with van der Waals surface area (Å²) in [6, 6.07) is 20.6. The summed E-state index contributed by atoms with van der Waals surface area (Å²) in [4.78, 5) is 16.7. The van der Waals surface area contributed by atoms with Gasteiger partial charge in [0.2, 0.25) is 0 Å². The molecule has 0 atom stereocenters. The Morgan fingerprint density at radius 3 is 2.12 bits per heavy atom. The van der Waals surface area contributed by atoms with Crippen molar-refractivity contribution in [1.29, 1.82) is 0 Å². The summed E-state index contributed by atoms with van der Waals surface area (Å²) < 4.78 is 69.9. The average molecular weight is 584 g/mol. The number of amides is 1. The third-order valence-electron chi connectivity index (χ3n) is 5.74. The lowest BCUT2D eigenvalue weighted by Crippen LogP contribution is -2.40. The van der Waals surface area contributed by atoms with Gasteiger partial charge in [0.25, 0.3) is 15.9 Å². The van der Waals surface area contributed by atoms with Gasteiger partial charge in [-0.15, -0.1) is 0 Å². The topological polar surface area (TPSA) is 129 Å². The normalized spacial score (nSPS) is 11.7. The Labute approximate surface area is 232 Å². The fourth-order valence-corrected chi connectivity index (χ4v) is 5.77. The van der Waals surface area contributed by atoms with Gasteiger partial charge in [0.15, 0.2) is 0 Å². The van der Waals surface area contributed by atoms with E-state index >= 15 is 0 Å². The molecular formula is C27H26FN5O5S2. The van der Waals surface area contributed by atoms with Gasteiger partial charge in [-0.05, 0) is 66.2 Å². The third-order valence-corrected chi connectivity index (χ3v) is 8.94. The molecule has 13 heteroatoms. The Bertz CT molecular complexity index is 1700. The van der Waals surface area contributed by atoms with Gasteiger partial charge in [-0.25, -0.2) is 12.8 Å². The Kier molecular flexibility index (Phi) is 8.47. The van der Waals surface area contributed by atoms with Crippen LogP contribution in [0.3, 0.4) is 0 Å². The van der Waals surface area contributed by atoms with Crippen molar-refractivity contribution in [1.82, 2.24) is 9.29 Å². The highest BCUT2D eigenvalue weighted by atomic mass is 32.2. The number of nitrogens with zero attached hydrogens (tertiary/aromatic N) is 3. The molecule has 1 amide bonds. The van der Waals surface area contributed by atoms with Crippen molar-refractivity contribution in [3.8, 4) is 0 Å². The number of carbonyl (C=O) groups excluding carboxylic acids is 1. The van der Waals surface area contributed by atoms with E-state index < -0.39 is 32.0 Å². The summed E-state index contributed by atoms with van der Waals surface area (Å²) in [6.07, 6.45) is 2.91. The van der Waals surface area contributed by atoms with Gasteiger partial charge in [-0.3, -0.25) is 18.8 Å². The maximum Gasteiger partial charge on any atom is 0.303 e. The lowest BCUT2D eigenvalue weighted by molar-refractivity contribution is 0.102. The van der Waals surface area contributed by atoms with Crippen LogP contribution in [0.4, 0.5) is 21.5 Å². The van der Waals surface area contributed by atoms with Crippen LogP contribution in [-0.4, -0.2) is 46.1 Å². The number of pyridine rings is 1. The van der Waals surface area contributed by atoms with Crippen LogP contribution in [0, 0.1) is 5.82 Å². The first-order valence-electron chi connectivity index (χ1n) is 11.9. The molecule has 0 aliphatic carbocycles. The van der Waals surface area contributed by atoms with Crippen molar-refractivity contribution < 1.29 is 26.0 Å². The Morgan fingerprint density at radius 2 is 1.52 bits per heavy atom. The van der Waals surface area contributed by atoms with Crippen molar-refractivity contribution >= 4 is 43.2 Å². The lowest BCUT2D eigenvalue weighted by Gasteiger charge is -2.27. The summed E-state index contributed by atoms with van der Waals surface area (Å²) in [5, 5.41) is 2.69. The molecule has 208 valence electrons. The number of hydrogen-bond donors (Lipinski definition) is 2. The number of halogens is 1. The minimum absolute atomic E-state index is 0.00536. The van der Waals surface area contributed by atoms with E-state index in [-0.39, 0.29) is 22.7 Å². The van der Waals surface area contributed by atoms with Gasteiger partial charge in [0.1, 0.15) is 5.82 Å². The van der Waals surface area contributed by atoms with Crippen molar-refractivity contribution in [3.05, 3.63) is 114 Å². The van der Waals surface area contributed by atoms with E-state index in [0.29, 0.717) is 16.9 Å². The fourth-order valence-electron chi connectivity index (χ4n) is 3.63. The van der Waals surface area contributed by atoms with Crippen LogP contribution in [0.2, 0.25) is 0 Å². The number of hydrogen-bond acceptors (Lipinski definition) is 6. The maximum absolute atomic E-state index is 14.5. The standard InChI is InChI=1S/C27H26FN5O5S2/c1-32(2)40(37,38)33(26-8-4-3-7-25(26)28)19-20-9-11-21(12-10-20)27(34)30-22-13-15-24(16-14-22)39(35,36)31-23-6-5-17-29-18-23/h3-18,31H,19H2,1-2H3,(H,30,34).